The van der Waals surface area contributed by atoms with Crippen molar-refractivity contribution in [3.63, 3.8) is 0 Å². The molecule has 110 valence electrons. The summed E-state index contributed by atoms with van der Waals surface area (Å²) in [7, 11) is 0. The molecule has 1 aliphatic rings. The van der Waals surface area contributed by atoms with Gasteiger partial charge in [-0.05, 0) is 12.2 Å². The number of amides is 1. The summed E-state index contributed by atoms with van der Waals surface area (Å²) in [6.07, 6.45) is 0.674. The fourth-order valence-electron chi connectivity index (χ4n) is 1.72. The number of hydrogen-bond acceptors (Lipinski definition) is 5. The van der Waals surface area contributed by atoms with Crippen LogP contribution in [0.25, 0.3) is 0 Å². The summed E-state index contributed by atoms with van der Waals surface area (Å²) in [6.45, 7) is 3.09. The molecule has 1 amide bonds. The van der Waals surface area contributed by atoms with Crippen molar-refractivity contribution in [3.05, 3.63) is 23.7 Å². The van der Waals surface area contributed by atoms with E-state index in [9.17, 15) is 14.0 Å². The molecule has 0 aromatic carbocycles. The second-order valence-corrected chi connectivity index (χ2v) is 4.43. The molecule has 1 unspecified atom stereocenters. The molecule has 6 N–H and O–H groups in total. The molecular formula is C11H15FN4O4. The van der Waals surface area contributed by atoms with Gasteiger partial charge in [-0.25, -0.2) is 4.79 Å². The van der Waals surface area contributed by atoms with Crippen molar-refractivity contribution in [2.75, 3.05) is 0 Å². The predicted octanol–water partition coefficient (Wildman–Crippen LogP) is 0.262. The van der Waals surface area contributed by atoms with E-state index in [0.29, 0.717) is 0 Å². The summed E-state index contributed by atoms with van der Waals surface area (Å²) >= 11 is 0. The van der Waals surface area contributed by atoms with Crippen LogP contribution in [0.15, 0.2) is 28.8 Å². The molecule has 1 rings (SSSR count). The molecule has 1 atom stereocenters. The van der Waals surface area contributed by atoms with E-state index in [1.165, 1.54) is 0 Å². The van der Waals surface area contributed by atoms with Gasteiger partial charge in [0.1, 0.15) is 0 Å². The Balaban J connectivity index is 3.22. The Morgan fingerprint density at radius 2 is 2.15 bits per heavy atom. The maximum absolute atomic E-state index is 13.9. The number of nitrogens with two attached hydrogens (primary N) is 1. The second kappa shape index (κ2) is 5.59. The van der Waals surface area contributed by atoms with Crippen LogP contribution in [0.1, 0.15) is 13.8 Å². The first-order valence-electron chi connectivity index (χ1n) is 5.64. The zero-order valence-electron chi connectivity index (χ0n) is 10.8. The summed E-state index contributed by atoms with van der Waals surface area (Å²) < 4.78 is 13.9. The lowest BCUT2D eigenvalue weighted by molar-refractivity contribution is -0.127. The van der Waals surface area contributed by atoms with Crippen LogP contribution < -0.4 is 16.4 Å². The third-order valence-electron chi connectivity index (χ3n) is 2.64. The van der Waals surface area contributed by atoms with E-state index in [1.807, 2.05) is 5.32 Å². The van der Waals surface area contributed by atoms with Crippen LogP contribution in [-0.2, 0) is 4.79 Å². The van der Waals surface area contributed by atoms with E-state index in [-0.39, 0.29) is 5.57 Å². The average molecular weight is 286 g/mol. The lowest BCUT2D eigenvalue weighted by Crippen LogP contribution is -2.64. The van der Waals surface area contributed by atoms with Crippen LogP contribution in [0.2, 0.25) is 0 Å². The molecule has 20 heavy (non-hydrogen) atoms. The van der Waals surface area contributed by atoms with Crippen LogP contribution >= 0.6 is 0 Å². The van der Waals surface area contributed by atoms with E-state index in [4.69, 9.17) is 16.0 Å². The van der Waals surface area contributed by atoms with Crippen molar-refractivity contribution < 1.29 is 24.3 Å². The van der Waals surface area contributed by atoms with Gasteiger partial charge in [-0.2, -0.15) is 4.39 Å². The van der Waals surface area contributed by atoms with Crippen molar-refractivity contribution in [1.29, 1.82) is 0 Å². The van der Waals surface area contributed by atoms with Crippen molar-refractivity contribution >= 4 is 17.7 Å². The van der Waals surface area contributed by atoms with Gasteiger partial charge < -0.3 is 21.4 Å². The highest BCUT2D eigenvalue weighted by atomic mass is 19.1. The smallest absolute Gasteiger partial charge is 0.407 e. The van der Waals surface area contributed by atoms with E-state index >= 15 is 0 Å². The Labute approximate surface area is 113 Å². The van der Waals surface area contributed by atoms with Gasteiger partial charge in [0.15, 0.2) is 17.3 Å². The summed E-state index contributed by atoms with van der Waals surface area (Å²) in [5, 5.41) is 24.0. The highest BCUT2D eigenvalue weighted by molar-refractivity contribution is 6.01. The number of halogens is 1. The fourth-order valence-corrected chi connectivity index (χ4v) is 1.72. The van der Waals surface area contributed by atoms with E-state index in [1.54, 1.807) is 13.8 Å². The topological polar surface area (TPSA) is 137 Å². The normalized spacial score (nSPS) is 22.7. The van der Waals surface area contributed by atoms with E-state index in [0.717, 1.165) is 12.2 Å². The quantitative estimate of drug-likeness (QED) is 0.165. The van der Waals surface area contributed by atoms with Gasteiger partial charge in [0.2, 0.25) is 5.95 Å². The highest BCUT2D eigenvalue weighted by Gasteiger charge is 2.42. The fraction of sp³-hybridized carbons (Fsp3) is 0.364. The summed E-state index contributed by atoms with van der Waals surface area (Å²) in [5.74, 6) is -2.72. The number of hydrogen-bond donors (Lipinski definition) is 5. The lowest BCUT2D eigenvalue weighted by atomic mass is 9.92. The number of nitrogens with zero attached hydrogens (tertiary/aromatic N) is 1. The second-order valence-electron chi connectivity index (χ2n) is 4.43. The van der Waals surface area contributed by atoms with Crippen LogP contribution in [0.3, 0.4) is 0 Å². The SMILES string of the molecule is CC(C)C(=O)C1(NC(=O)O)C=CC(C(N)=NO)=C(F)N1. The zero-order chi connectivity index (χ0) is 15.5. The number of nitrogens with one attached hydrogen (secondary N) is 2. The van der Waals surface area contributed by atoms with Gasteiger partial charge in [0, 0.05) is 5.92 Å². The Morgan fingerprint density at radius 3 is 2.55 bits per heavy atom. The standard InChI is InChI=1S/C11H15FN4O4/c1-5(2)7(17)11(15-10(18)19)4-3-6(8(12)14-11)9(13)16-20/h3-5,14-15,20H,1-2H3,(H2,13,16)(H,18,19). The largest absolute Gasteiger partial charge is 0.465 e. The molecule has 0 aromatic rings. The van der Waals surface area contributed by atoms with Gasteiger partial charge in [-0.15, -0.1) is 0 Å². The molecule has 0 bridgehead atoms. The Kier molecular flexibility index (Phi) is 4.33. The molecule has 0 fully saturated rings. The van der Waals surface area contributed by atoms with Crippen molar-refractivity contribution in [2.45, 2.75) is 19.5 Å². The number of Topliss-reactive ketones (excluding diaryl/α,β-unsaturated/α-hetero) is 1. The number of ketones is 1. The molecule has 0 aromatic heterocycles. The van der Waals surface area contributed by atoms with Gasteiger partial charge in [0.05, 0.1) is 5.57 Å². The number of oxime groups is 1. The van der Waals surface area contributed by atoms with Crippen molar-refractivity contribution in [2.24, 2.45) is 16.8 Å². The van der Waals surface area contributed by atoms with Gasteiger partial charge in [-0.1, -0.05) is 19.0 Å². The van der Waals surface area contributed by atoms with Crippen LogP contribution in [0.5, 0.6) is 0 Å². The summed E-state index contributed by atoms with van der Waals surface area (Å²) in [5.41, 5.74) is 3.04. The number of carbonyl (C=O) groups excluding carboxylic acids is 1. The van der Waals surface area contributed by atoms with Gasteiger partial charge in [-0.3, -0.25) is 10.1 Å². The first-order chi connectivity index (χ1) is 9.23. The van der Waals surface area contributed by atoms with Crippen molar-refractivity contribution in [1.82, 2.24) is 10.6 Å². The minimum absolute atomic E-state index is 0.285. The average Bonchev–Trinajstić information content (AvgIpc) is 2.36. The lowest BCUT2D eigenvalue weighted by Gasteiger charge is -2.34. The molecule has 8 nitrogen and oxygen atoms in total. The molecule has 0 saturated carbocycles. The van der Waals surface area contributed by atoms with Gasteiger partial charge >= 0.3 is 6.09 Å². The number of amidine groups is 1. The molecule has 0 spiro atoms. The van der Waals surface area contributed by atoms with Crippen molar-refractivity contribution in [3.8, 4) is 0 Å². The molecule has 0 saturated heterocycles. The maximum atomic E-state index is 13.9. The third kappa shape index (κ3) is 2.87. The number of rotatable bonds is 4. The minimum Gasteiger partial charge on any atom is -0.465 e. The summed E-state index contributed by atoms with van der Waals surface area (Å²) in [4.78, 5) is 22.9. The molecule has 9 heteroatoms. The van der Waals surface area contributed by atoms with Crippen LogP contribution in [0, 0.1) is 5.92 Å². The van der Waals surface area contributed by atoms with E-state index < -0.39 is 35.2 Å². The Morgan fingerprint density at radius 1 is 1.55 bits per heavy atom. The maximum Gasteiger partial charge on any atom is 0.407 e. The van der Waals surface area contributed by atoms with Gasteiger partial charge in [0.25, 0.3) is 0 Å². The molecule has 1 heterocycles. The molecule has 0 radical (unpaired) electrons. The Hall–Kier alpha value is -2.58. The number of dihydropyridines is 1. The van der Waals surface area contributed by atoms with E-state index in [2.05, 4.69) is 10.5 Å². The van der Waals surface area contributed by atoms with Crippen LogP contribution in [-0.4, -0.2) is 33.7 Å². The summed E-state index contributed by atoms with van der Waals surface area (Å²) in [6, 6.07) is 0. The number of carbonyl (C=O) groups is 2. The molecular weight excluding hydrogens is 271 g/mol. The monoisotopic (exact) mass is 286 g/mol. The first kappa shape index (κ1) is 15.5. The minimum atomic E-state index is -1.93. The van der Waals surface area contributed by atoms with Crippen LogP contribution in [0.4, 0.5) is 9.18 Å². The predicted molar refractivity (Wildman–Crippen MR) is 67.6 cm³/mol. The zero-order valence-corrected chi connectivity index (χ0v) is 10.8. The highest BCUT2D eigenvalue weighted by Crippen LogP contribution is 2.22. The number of carboxylic acid groups (broad SMARTS) is 1. The Bertz CT molecular complexity index is 527. The third-order valence-corrected chi connectivity index (χ3v) is 2.64. The first-order valence-corrected chi connectivity index (χ1v) is 5.64. The molecule has 1 aliphatic heterocycles. The molecule has 0 aliphatic carbocycles.